The summed E-state index contributed by atoms with van der Waals surface area (Å²) in [5.41, 5.74) is 0. The van der Waals surface area contributed by atoms with Crippen LogP contribution in [0, 0.1) is 5.92 Å². The first-order valence-electron chi connectivity index (χ1n) is 5.77. The second-order valence-electron chi connectivity index (χ2n) is 4.14. The molecule has 1 fully saturated rings. The van der Waals surface area contributed by atoms with Crippen molar-refractivity contribution in [2.24, 2.45) is 5.92 Å². The Kier molecular flexibility index (Phi) is 6.92. The van der Waals surface area contributed by atoms with Crippen LogP contribution in [-0.2, 0) is 9.47 Å². The Balaban J connectivity index is 1.68. The Morgan fingerprint density at radius 3 is 2.40 bits per heavy atom. The molecule has 0 aromatic heterocycles. The summed E-state index contributed by atoms with van der Waals surface area (Å²) in [4.78, 5) is 0. The summed E-state index contributed by atoms with van der Waals surface area (Å²) in [6.45, 7) is 2.35. The minimum atomic E-state index is -0.740. The van der Waals surface area contributed by atoms with Crippen LogP contribution in [0.4, 0.5) is 0 Å². The van der Waals surface area contributed by atoms with Gasteiger partial charge in [-0.2, -0.15) is 0 Å². The zero-order valence-electron chi connectivity index (χ0n) is 9.23. The lowest BCUT2D eigenvalue weighted by Crippen LogP contribution is -2.19. The van der Waals surface area contributed by atoms with Crippen molar-refractivity contribution in [3.63, 3.8) is 0 Å². The van der Waals surface area contributed by atoms with Crippen molar-refractivity contribution in [1.29, 1.82) is 0 Å². The predicted molar refractivity (Wildman–Crippen MR) is 56.7 cm³/mol. The van der Waals surface area contributed by atoms with E-state index in [2.05, 4.69) is 0 Å². The maximum absolute atomic E-state index is 8.97. The van der Waals surface area contributed by atoms with E-state index in [-0.39, 0.29) is 13.2 Å². The topological polar surface area (TPSA) is 58.9 Å². The third-order valence-corrected chi connectivity index (χ3v) is 2.40. The lowest BCUT2D eigenvalue weighted by molar-refractivity contribution is 0.00366. The fraction of sp³-hybridized carbons (Fsp3) is 1.00. The molecule has 2 N–H and O–H groups in total. The minimum absolute atomic E-state index is 0.222. The molecule has 1 aliphatic rings. The van der Waals surface area contributed by atoms with Gasteiger partial charge in [0.05, 0.1) is 13.2 Å². The highest BCUT2D eigenvalue weighted by atomic mass is 16.5. The van der Waals surface area contributed by atoms with Crippen molar-refractivity contribution in [3.8, 4) is 0 Å². The van der Waals surface area contributed by atoms with Crippen LogP contribution in [0.5, 0.6) is 0 Å². The zero-order chi connectivity index (χ0) is 10.9. The molecular weight excluding hydrogens is 196 g/mol. The standard InChI is InChI=1S/C11H22O4/c12-7-11(13)9-15-6-2-1-5-14-8-10-3-4-10/h10-13H,1-9H2. The van der Waals surface area contributed by atoms with E-state index < -0.39 is 6.10 Å². The number of aliphatic hydroxyl groups excluding tert-OH is 2. The largest absolute Gasteiger partial charge is 0.394 e. The van der Waals surface area contributed by atoms with E-state index in [1.165, 1.54) is 12.8 Å². The Morgan fingerprint density at radius 1 is 1.13 bits per heavy atom. The maximum atomic E-state index is 8.97. The van der Waals surface area contributed by atoms with Crippen LogP contribution in [0.25, 0.3) is 0 Å². The third kappa shape index (κ3) is 7.73. The first kappa shape index (κ1) is 12.9. The summed E-state index contributed by atoms with van der Waals surface area (Å²) in [6, 6.07) is 0. The second kappa shape index (κ2) is 8.05. The van der Waals surface area contributed by atoms with Crippen molar-refractivity contribution < 1.29 is 19.7 Å². The van der Waals surface area contributed by atoms with E-state index in [1.807, 2.05) is 0 Å². The molecule has 1 unspecified atom stereocenters. The van der Waals surface area contributed by atoms with Crippen LogP contribution in [-0.4, -0.2) is 49.4 Å². The molecule has 1 atom stereocenters. The zero-order valence-corrected chi connectivity index (χ0v) is 9.23. The van der Waals surface area contributed by atoms with Gasteiger partial charge in [-0.3, -0.25) is 0 Å². The van der Waals surface area contributed by atoms with Gasteiger partial charge in [-0.05, 0) is 31.6 Å². The summed E-state index contributed by atoms with van der Waals surface area (Å²) in [5, 5.41) is 17.5. The number of hydrogen-bond donors (Lipinski definition) is 2. The Bertz CT molecular complexity index is 148. The summed E-state index contributed by atoms with van der Waals surface area (Å²) in [7, 11) is 0. The highest BCUT2D eigenvalue weighted by Crippen LogP contribution is 2.28. The number of unbranched alkanes of at least 4 members (excludes halogenated alkanes) is 1. The molecule has 0 aliphatic heterocycles. The minimum Gasteiger partial charge on any atom is -0.394 e. The molecule has 4 nitrogen and oxygen atoms in total. The first-order valence-corrected chi connectivity index (χ1v) is 5.77. The summed E-state index contributed by atoms with van der Waals surface area (Å²) >= 11 is 0. The Labute approximate surface area is 91.2 Å². The fourth-order valence-corrected chi connectivity index (χ4v) is 1.21. The molecule has 4 heteroatoms. The first-order chi connectivity index (χ1) is 7.33. The summed E-state index contributed by atoms with van der Waals surface area (Å²) < 4.78 is 10.6. The highest BCUT2D eigenvalue weighted by molar-refractivity contribution is 4.71. The fourth-order valence-electron chi connectivity index (χ4n) is 1.21. The van der Waals surface area contributed by atoms with Crippen molar-refractivity contribution in [1.82, 2.24) is 0 Å². The molecule has 0 heterocycles. The van der Waals surface area contributed by atoms with Gasteiger partial charge in [0, 0.05) is 19.8 Å². The summed E-state index contributed by atoms with van der Waals surface area (Å²) in [6.07, 6.45) is 3.88. The van der Waals surface area contributed by atoms with Crippen LogP contribution in [0.3, 0.4) is 0 Å². The molecule has 1 saturated carbocycles. The lowest BCUT2D eigenvalue weighted by atomic mass is 10.3. The second-order valence-corrected chi connectivity index (χ2v) is 4.14. The van der Waals surface area contributed by atoms with Gasteiger partial charge in [0.1, 0.15) is 6.10 Å². The third-order valence-electron chi connectivity index (χ3n) is 2.40. The normalized spacial score (nSPS) is 18.0. The maximum Gasteiger partial charge on any atom is 0.100 e. The van der Waals surface area contributed by atoms with Crippen LogP contribution in [0.2, 0.25) is 0 Å². The summed E-state index contributed by atoms with van der Waals surface area (Å²) in [5.74, 6) is 0.834. The molecule has 1 aliphatic carbocycles. The van der Waals surface area contributed by atoms with Gasteiger partial charge >= 0.3 is 0 Å². The number of rotatable bonds is 10. The van der Waals surface area contributed by atoms with Crippen molar-refractivity contribution in [3.05, 3.63) is 0 Å². The highest BCUT2D eigenvalue weighted by Gasteiger charge is 2.20. The van der Waals surface area contributed by atoms with Gasteiger partial charge in [-0.15, -0.1) is 0 Å². The molecule has 0 aromatic rings. The van der Waals surface area contributed by atoms with E-state index in [9.17, 15) is 0 Å². The quantitative estimate of drug-likeness (QED) is 0.526. The number of ether oxygens (including phenoxy) is 2. The van der Waals surface area contributed by atoms with Crippen molar-refractivity contribution in [2.45, 2.75) is 31.8 Å². The van der Waals surface area contributed by atoms with Gasteiger partial charge in [-0.1, -0.05) is 0 Å². The molecule has 15 heavy (non-hydrogen) atoms. The molecule has 0 spiro atoms. The molecule has 0 amide bonds. The molecule has 0 saturated heterocycles. The molecule has 0 bridgehead atoms. The average Bonchev–Trinajstić information content (AvgIpc) is 3.05. The Hall–Kier alpha value is -0.160. The predicted octanol–water partition coefficient (Wildman–Crippen LogP) is 0.563. The molecular formula is C11H22O4. The van der Waals surface area contributed by atoms with Crippen LogP contribution in [0.15, 0.2) is 0 Å². The van der Waals surface area contributed by atoms with Gasteiger partial charge in [0.15, 0.2) is 0 Å². The van der Waals surface area contributed by atoms with E-state index in [1.54, 1.807) is 0 Å². The van der Waals surface area contributed by atoms with E-state index >= 15 is 0 Å². The van der Waals surface area contributed by atoms with E-state index in [0.29, 0.717) is 6.61 Å². The smallest absolute Gasteiger partial charge is 0.100 e. The van der Waals surface area contributed by atoms with Gasteiger partial charge < -0.3 is 19.7 Å². The SMILES string of the molecule is OCC(O)COCCCCOCC1CC1. The van der Waals surface area contributed by atoms with Gasteiger partial charge in [0.2, 0.25) is 0 Å². The molecule has 1 rings (SSSR count). The number of hydrogen-bond acceptors (Lipinski definition) is 4. The lowest BCUT2D eigenvalue weighted by Gasteiger charge is -2.08. The van der Waals surface area contributed by atoms with Crippen LogP contribution >= 0.6 is 0 Å². The molecule has 0 aromatic carbocycles. The molecule has 90 valence electrons. The van der Waals surface area contributed by atoms with Crippen LogP contribution < -0.4 is 0 Å². The average molecular weight is 218 g/mol. The number of aliphatic hydroxyl groups is 2. The van der Waals surface area contributed by atoms with E-state index in [0.717, 1.165) is 32.0 Å². The van der Waals surface area contributed by atoms with Crippen molar-refractivity contribution in [2.75, 3.05) is 33.0 Å². The Morgan fingerprint density at radius 2 is 1.80 bits per heavy atom. The van der Waals surface area contributed by atoms with Crippen molar-refractivity contribution >= 4 is 0 Å². The van der Waals surface area contributed by atoms with Gasteiger partial charge in [-0.25, -0.2) is 0 Å². The molecule has 0 radical (unpaired) electrons. The monoisotopic (exact) mass is 218 g/mol. The van der Waals surface area contributed by atoms with Gasteiger partial charge in [0.25, 0.3) is 0 Å². The van der Waals surface area contributed by atoms with Crippen LogP contribution in [0.1, 0.15) is 25.7 Å². The van der Waals surface area contributed by atoms with E-state index in [4.69, 9.17) is 19.7 Å².